The Balaban J connectivity index is 1.45. The van der Waals surface area contributed by atoms with Crippen LogP contribution in [-0.2, 0) is 24.2 Å². The summed E-state index contributed by atoms with van der Waals surface area (Å²) in [4.78, 5) is 22.9. The molecule has 1 aliphatic carbocycles. The SMILES string of the molecule is CC(=NNC(=O)CCn1c2c(c3ccccc31)CCCC2)c1cccc([N+](=O)[O-])c1. The smallest absolute Gasteiger partial charge is 0.270 e. The molecule has 1 aliphatic rings. The molecular weight excluding hydrogens is 380 g/mol. The molecule has 0 unspecified atom stereocenters. The number of nitro benzene ring substituents is 1. The number of carbonyl (C=O) groups excluding carboxylic acids is 1. The molecule has 1 amide bonds. The molecular formula is C23H24N4O3. The zero-order valence-electron chi connectivity index (χ0n) is 16.9. The Hall–Kier alpha value is -3.48. The van der Waals surface area contributed by atoms with Crippen molar-refractivity contribution >= 4 is 28.2 Å². The number of para-hydroxylation sites is 1. The number of carbonyl (C=O) groups is 1. The molecule has 30 heavy (non-hydrogen) atoms. The number of nitrogens with zero attached hydrogens (tertiary/aromatic N) is 3. The molecule has 1 aromatic heterocycles. The van der Waals surface area contributed by atoms with E-state index < -0.39 is 4.92 Å². The molecule has 4 rings (SSSR count). The minimum Gasteiger partial charge on any atom is -0.344 e. The number of hydrazone groups is 1. The molecule has 0 saturated heterocycles. The normalized spacial score (nSPS) is 13.8. The Labute approximate surface area is 174 Å². The van der Waals surface area contributed by atoms with Gasteiger partial charge in [0.05, 0.1) is 10.6 Å². The molecule has 0 fully saturated rings. The number of benzene rings is 2. The lowest BCUT2D eigenvalue weighted by Crippen LogP contribution is -2.21. The molecule has 0 spiro atoms. The molecule has 1 heterocycles. The molecule has 0 bridgehead atoms. The van der Waals surface area contributed by atoms with Crippen molar-refractivity contribution in [2.45, 2.75) is 45.6 Å². The highest BCUT2D eigenvalue weighted by Crippen LogP contribution is 2.32. The van der Waals surface area contributed by atoms with Gasteiger partial charge in [0.2, 0.25) is 5.91 Å². The molecule has 7 heteroatoms. The highest BCUT2D eigenvalue weighted by Gasteiger charge is 2.19. The third kappa shape index (κ3) is 3.96. The number of aryl methyl sites for hydroxylation is 2. The van der Waals surface area contributed by atoms with Gasteiger partial charge in [0.1, 0.15) is 0 Å². The number of hydrogen-bond acceptors (Lipinski definition) is 4. The summed E-state index contributed by atoms with van der Waals surface area (Å²) < 4.78 is 2.28. The van der Waals surface area contributed by atoms with Crippen LogP contribution in [0.25, 0.3) is 10.9 Å². The van der Waals surface area contributed by atoms with Gasteiger partial charge in [-0.1, -0.05) is 30.3 Å². The number of nitrogens with one attached hydrogen (secondary N) is 1. The van der Waals surface area contributed by atoms with E-state index in [9.17, 15) is 14.9 Å². The highest BCUT2D eigenvalue weighted by molar-refractivity contribution is 5.99. The van der Waals surface area contributed by atoms with Crippen LogP contribution >= 0.6 is 0 Å². The van der Waals surface area contributed by atoms with Gasteiger partial charge >= 0.3 is 0 Å². The number of non-ortho nitro benzene ring substituents is 1. The van der Waals surface area contributed by atoms with E-state index in [1.807, 2.05) is 6.07 Å². The summed E-state index contributed by atoms with van der Waals surface area (Å²) >= 11 is 0. The minimum absolute atomic E-state index is 0.00219. The summed E-state index contributed by atoms with van der Waals surface area (Å²) in [7, 11) is 0. The molecule has 3 aromatic rings. The highest BCUT2D eigenvalue weighted by atomic mass is 16.6. The third-order valence-electron chi connectivity index (χ3n) is 5.67. The van der Waals surface area contributed by atoms with Crippen molar-refractivity contribution in [3.8, 4) is 0 Å². The van der Waals surface area contributed by atoms with Crippen molar-refractivity contribution in [2.75, 3.05) is 0 Å². The monoisotopic (exact) mass is 404 g/mol. The first-order valence-corrected chi connectivity index (χ1v) is 10.2. The predicted octanol–water partition coefficient (Wildman–Crippen LogP) is 4.36. The molecule has 1 N–H and O–H groups in total. The Morgan fingerprint density at radius 1 is 1.17 bits per heavy atom. The average Bonchev–Trinajstić information content (AvgIpc) is 3.10. The topological polar surface area (TPSA) is 89.5 Å². The Kier molecular flexibility index (Phi) is 5.61. The summed E-state index contributed by atoms with van der Waals surface area (Å²) in [6.07, 6.45) is 4.86. The van der Waals surface area contributed by atoms with Gasteiger partial charge in [-0.2, -0.15) is 5.10 Å². The van der Waals surface area contributed by atoms with E-state index in [4.69, 9.17) is 0 Å². The first kappa shape index (κ1) is 19.8. The number of nitro groups is 1. The summed E-state index contributed by atoms with van der Waals surface area (Å²) in [5, 5.41) is 16.4. The van der Waals surface area contributed by atoms with Gasteiger partial charge in [-0.3, -0.25) is 14.9 Å². The fourth-order valence-electron chi connectivity index (χ4n) is 4.17. The predicted molar refractivity (Wildman–Crippen MR) is 117 cm³/mol. The minimum atomic E-state index is -0.447. The fraction of sp³-hybridized carbons (Fsp3) is 0.304. The van der Waals surface area contributed by atoms with Gasteiger partial charge in [0.25, 0.3) is 5.69 Å². The molecule has 154 valence electrons. The van der Waals surface area contributed by atoms with Gasteiger partial charge in [0.15, 0.2) is 0 Å². The van der Waals surface area contributed by atoms with E-state index in [2.05, 4.69) is 33.3 Å². The standard InChI is InChI=1S/C23H24N4O3/c1-16(17-7-6-8-18(15-17)27(29)30)24-25-23(28)13-14-26-21-11-4-2-9-19(21)20-10-3-5-12-22(20)26/h2,4,6-9,11,15H,3,5,10,12-14H2,1H3,(H,25,28). The summed E-state index contributed by atoms with van der Waals surface area (Å²) in [5.41, 5.74) is 7.68. The Morgan fingerprint density at radius 3 is 2.80 bits per heavy atom. The lowest BCUT2D eigenvalue weighted by Gasteiger charge is -2.15. The maximum absolute atomic E-state index is 12.4. The van der Waals surface area contributed by atoms with E-state index in [0.717, 1.165) is 12.8 Å². The van der Waals surface area contributed by atoms with Gasteiger partial charge < -0.3 is 4.57 Å². The lowest BCUT2D eigenvalue weighted by molar-refractivity contribution is -0.384. The van der Waals surface area contributed by atoms with Crippen LogP contribution in [-0.4, -0.2) is 21.1 Å². The number of rotatable bonds is 6. The van der Waals surface area contributed by atoms with Gasteiger partial charge in [-0.15, -0.1) is 0 Å². The molecule has 0 radical (unpaired) electrons. The first-order valence-electron chi connectivity index (χ1n) is 10.2. The van der Waals surface area contributed by atoms with Crippen LogP contribution in [0.1, 0.15) is 43.0 Å². The fourth-order valence-corrected chi connectivity index (χ4v) is 4.17. The molecule has 0 atom stereocenters. The largest absolute Gasteiger partial charge is 0.344 e. The van der Waals surface area contributed by atoms with E-state index in [0.29, 0.717) is 24.2 Å². The van der Waals surface area contributed by atoms with E-state index in [1.165, 1.54) is 47.1 Å². The van der Waals surface area contributed by atoms with Crippen LogP contribution in [0.2, 0.25) is 0 Å². The Bertz CT molecular complexity index is 1150. The summed E-state index contributed by atoms with van der Waals surface area (Å²) in [6, 6.07) is 14.6. The van der Waals surface area contributed by atoms with Crippen LogP contribution in [0.5, 0.6) is 0 Å². The maximum atomic E-state index is 12.4. The van der Waals surface area contributed by atoms with Gasteiger partial charge in [0, 0.05) is 47.3 Å². The van der Waals surface area contributed by atoms with Crippen LogP contribution in [0.4, 0.5) is 5.69 Å². The van der Waals surface area contributed by atoms with Crippen molar-refractivity contribution in [1.29, 1.82) is 0 Å². The first-order chi connectivity index (χ1) is 14.5. The van der Waals surface area contributed by atoms with E-state index in [-0.39, 0.29) is 11.6 Å². The molecule has 0 aliphatic heterocycles. The molecule has 0 saturated carbocycles. The number of fused-ring (bicyclic) bond motifs is 3. The summed E-state index contributed by atoms with van der Waals surface area (Å²) in [6.45, 7) is 2.32. The van der Waals surface area contributed by atoms with Crippen molar-refractivity contribution in [2.24, 2.45) is 5.10 Å². The van der Waals surface area contributed by atoms with Crippen LogP contribution in [0, 0.1) is 10.1 Å². The number of hydrogen-bond donors (Lipinski definition) is 1. The van der Waals surface area contributed by atoms with Gasteiger partial charge in [-0.05, 0) is 44.2 Å². The third-order valence-corrected chi connectivity index (χ3v) is 5.67. The van der Waals surface area contributed by atoms with E-state index in [1.54, 1.807) is 19.1 Å². The second-order valence-corrected chi connectivity index (χ2v) is 7.59. The maximum Gasteiger partial charge on any atom is 0.270 e. The van der Waals surface area contributed by atoms with Gasteiger partial charge in [-0.25, -0.2) is 5.43 Å². The second kappa shape index (κ2) is 8.49. The Morgan fingerprint density at radius 2 is 1.97 bits per heavy atom. The molecule has 2 aromatic carbocycles. The van der Waals surface area contributed by atoms with Crippen molar-refractivity contribution in [3.05, 3.63) is 75.5 Å². The van der Waals surface area contributed by atoms with Crippen LogP contribution in [0.15, 0.2) is 53.6 Å². The second-order valence-electron chi connectivity index (χ2n) is 7.59. The summed E-state index contributed by atoms with van der Waals surface area (Å²) in [5.74, 6) is -0.179. The van der Waals surface area contributed by atoms with Crippen LogP contribution in [0.3, 0.4) is 0 Å². The number of aromatic nitrogens is 1. The molecule has 7 nitrogen and oxygen atoms in total. The van der Waals surface area contributed by atoms with Crippen molar-refractivity contribution in [1.82, 2.24) is 9.99 Å². The van der Waals surface area contributed by atoms with Crippen LogP contribution < -0.4 is 5.43 Å². The zero-order valence-corrected chi connectivity index (χ0v) is 16.9. The lowest BCUT2D eigenvalue weighted by atomic mass is 9.95. The number of amides is 1. The van der Waals surface area contributed by atoms with Crippen molar-refractivity contribution in [3.63, 3.8) is 0 Å². The average molecular weight is 404 g/mol. The van der Waals surface area contributed by atoms with E-state index >= 15 is 0 Å². The zero-order chi connectivity index (χ0) is 21.1. The van der Waals surface area contributed by atoms with Crippen molar-refractivity contribution < 1.29 is 9.72 Å². The quantitative estimate of drug-likeness (QED) is 0.376.